The van der Waals surface area contributed by atoms with Gasteiger partial charge in [0.05, 0.1) is 6.20 Å². The number of aromatic nitrogens is 1. The quantitative estimate of drug-likeness (QED) is 0.720. The Hall–Kier alpha value is -2.59. The summed E-state index contributed by atoms with van der Waals surface area (Å²) in [5.41, 5.74) is 2.85. The average molecular weight is 341 g/mol. The van der Waals surface area contributed by atoms with Crippen LogP contribution in [0, 0.1) is 6.92 Å². The van der Waals surface area contributed by atoms with Crippen molar-refractivity contribution in [3.63, 3.8) is 0 Å². The van der Waals surface area contributed by atoms with E-state index in [1.807, 2.05) is 43.3 Å². The molecule has 1 heterocycles. The molecule has 1 amide bonds. The lowest BCUT2D eigenvalue weighted by Gasteiger charge is -2.04. The van der Waals surface area contributed by atoms with Crippen molar-refractivity contribution >= 4 is 23.2 Å². The van der Waals surface area contributed by atoms with Crippen molar-refractivity contribution in [2.75, 3.05) is 5.32 Å². The number of carbonyl (C=O) groups is 1. The van der Waals surface area contributed by atoms with Gasteiger partial charge in [0, 0.05) is 29.1 Å². The molecule has 0 aliphatic rings. The normalized spacial score (nSPS) is 10.6. The van der Waals surface area contributed by atoms with Gasteiger partial charge in [0.1, 0.15) is 0 Å². The van der Waals surface area contributed by atoms with Crippen LogP contribution in [0.3, 0.4) is 0 Å². The van der Waals surface area contributed by atoms with E-state index < -0.39 is 0 Å². The topological polar surface area (TPSA) is 55.1 Å². The molecular weight excluding hydrogens is 324 g/mol. The number of nitrogens with one attached hydrogen (secondary N) is 1. The zero-order valence-electron chi connectivity index (χ0n) is 13.3. The largest absolute Gasteiger partial charge is 0.441 e. The number of oxazole rings is 1. The first-order chi connectivity index (χ1) is 11.6. The second-order valence-electron chi connectivity index (χ2n) is 5.54. The second kappa shape index (κ2) is 7.32. The fourth-order valence-electron chi connectivity index (χ4n) is 2.25. The van der Waals surface area contributed by atoms with E-state index in [0.29, 0.717) is 29.5 Å². The number of benzene rings is 2. The first kappa shape index (κ1) is 16.3. The molecule has 1 aromatic heterocycles. The Labute approximate surface area is 145 Å². The van der Waals surface area contributed by atoms with Crippen LogP contribution in [0.1, 0.15) is 17.9 Å². The van der Waals surface area contributed by atoms with Gasteiger partial charge in [-0.25, -0.2) is 4.98 Å². The highest BCUT2D eigenvalue weighted by atomic mass is 35.5. The SMILES string of the molecule is Cc1ccc(NC(=O)CCc2ncc(-c3ccc(Cl)cc3)o2)cc1. The number of aryl methyl sites for hydroxylation is 2. The van der Waals surface area contributed by atoms with Crippen LogP contribution in [0.25, 0.3) is 11.3 Å². The fourth-order valence-corrected chi connectivity index (χ4v) is 2.38. The van der Waals surface area contributed by atoms with Crippen LogP contribution in [-0.4, -0.2) is 10.9 Å². The summed E-state index contributed by atoms with van der Waals surface area (Å²) in [7, 11) is 0. The van der Waals surface area contributed by atoms with Crippen molar-refractivity contribution in [2.45, 2.75) is 19.8 Å². The van der Waals surface area contributed by atoms with Gasteiger partial charge < -0.3 is 9.73 Å². The second-order valence-corrected chi connectivity index (χ2v) is 5.98. The van der Waals surface area contributed by atoms with Crippen LogP contribution in [0.5, 0.6) is 0 Å². The summed E-state index contributed by atoms with van der Waals surface area (Å²) in [6, 6.07) is 15.0. The van der Waals surface area contributed by atoms with Crippen LogP contribution in [-0.2, 0) is 11.2 Å². The molecule has 0 aliphatic heterocycles. The number of hydrogen-bond donors (Lipinski definition) is 1. The van der Waals surface area contributed by atoms with Crippen LogP contribution >= 0.6 is 11.6 Å². The standard InChI is InChI=1S/C19H17ClN2O2/c1-13-2-8-16(9-3-13)22-18(23)10-11-19-21-12-17(24-19)14-4-6-15(20)7-5-14/h2-9,12H,10-11H2,1H3,(H,22,23). The maximum Gasteiger partial charge on any atom is 0.224 e. The van der Waals surface area contributed by atoms with E-state index in [9.17, 15) is 4.79 Å². The highest BCUT2D eigenvalue weighted by Gasteiger charge is 2.09. The lowest BCUT2D eigenvalue weighted by molar-refractivity contribution is -0.116. The summed E-state index contributed by atoms with van der Waals surface area (Å²) >= 11 is 5.87. The lowest BCUT2D eigenvalue weighted by Crippen LogP contribution is -2.12. The summed E-state index contributed by atoms with van der Waals surface area (Å²) in [5, 5.41) is 3.53. The molecular formula is C19H17ClN2O2. The molecule has 4 nitrogen and oxygen atoms in total. The third kappa shape index (κ3) is 4.24. The van der Waals surface area contributed by atoms with Crippen molar-refractivity contribution < 1.29 is 9.21 Å². The van der Waals surface area contributed by atoms with Gasteiger partial charge in [-0.05, 0) is 43.3 Å². The van der Waals surface area contributed by atoms with E-state index in [4.69, 9.17) is 16.0 Å². The van der Waals surface area contributed by atoms with Gasteiger partial charge in [-0.1, -0.05) is 29.3 Å². The molecule has 122 valence electrons. The van der Waals surface area contributed by atoms with Gasteiger partial charge in [-0.3, -0.25) is 4.79 Å². The molecule has 2 aromatic carbocycles. The molecule has 0 saturated carbocycles. The third-order valence-electron chi connectivity index (χ3n) is 3.58. The molecule has 3 rings (SSSR count). The lowest BCUT2D eigenvalue weighted by atomic mass is 10.2. The van der Waals surface area contributed by atoms with E-state index in [-0.39, 0.29) is 5.91 Å². The highest BCUT2D eigenvalue weighted by Crippen LogP contribution is 2.22. The molecule has 24 heavy (non-hydrogen) atoms. The van der Waals surface area contributed by atoms with Crippen LogP contribution in [0.15, 0.2) is 59.1 Å². The van der Waals surface area contributed by atoms with E-state index in [1.54, 1.807) is 18.3 Å². The van der Waals surface area contributed by atoms with Crippen molar-refractivity contribution in [1.29, 1.82) is 0 Å². The number of hydrogen-bond acceptors (Lipinski definition) is 3. The average Bonchev–Trinajstić information content (AvgIpc) is 3.05. The number of rotatable bonds is 5. The van der Waals surface area contributed by atoms with Gasteiger partial charge in [0.2, 0.25) is 5.91 Å². The van der Waals surface area contributed by atoms with Gasteiger partial charge >= 0.3 is 0 Å². The number of anilines is 1. The predicted octanol–water partition coefficient (Wildman–Crippen LogP) is 4.87. The minimum atomic E-state index is -0.0647. The molecule has 3 aromatic rings. The molecule has 5 heteroatoms. The zero-order valence-corrected chi connectivity index (χ0v) is 14.0. The van der Waals surface area contributed by atoms with Gasteiger partial charge in [-0.15, -0.1) is 0 Å². The summed E-state index contributed by atoms with van der Waals surface area (Å²) in [4.78, 5) is 16.2. The summed E-state index contributed by atoms with van der Waals surface area (Å²) < 4.78 is 5.69. The van der Waals surface area contributed by atoms with Crippen molar-refractivity contribution in [1.82, 2.24) is 4.98 Å². The Balaban J connectivity index is 1.56. The van der Waals surface area contributed by atoms with E-state index in [1.165, 1.54) is 0 Å². The van der Waals surface area contributed by atoms with Crippen LogP contribution in [0.2, 0.25) is 5.02 Å². The molecule has 0 radical (unpaired) electrons. The molecule has 0 fully saturated rings. The number of carbonyl (C=O) groups excluding carboxylic acids is 1. The van der Waals surface area contributed by atoms with Crippen molar-refractivity contribution in [2.24, 2.45) is 0 Å². The van der Waals surface area contributed by atoms with Crippen molar-refractivity contribution in [3.8, 4) is 11.3 Å². The van der Waals surface area contributed by atoms with Gasteiger partial charge in [0.25, 0.3) is 0 Å². The maximum atomic E-state index is 12.0. The first-order valence-electron chi connectivity index (χ1n) is 7.67. The van der Waals surface area contributed by atoms with Gasteiger partial charge in [-0.2, -0.15) is 0 Å². The Bertz CT molecular complexity index is 823. The monoisotopic (exact) mass is 340 g/mol. The highest BCUT2D eigenvalue weighted by molar-refractivity contribution is 6.30. The number of halogens is 1. The molecule has 0 saturated heterocycles. The molecule has 0 bridgehead atoms. The minimum absolute atomic E-state index is 0.0647. The van der Waals surface area contributed by atoms with Gasteiger partial charge in [0.15, 0.2) is 11.7 Å². The summed E-state index contributed by atoms with van der Waals surface area (Å²) in [6.07, 6.45) is 2.43. The molecule has 0 unspecified atom stereocenters. The Morgan fingerprint density at radius 3 is 2.54 bits per heavy atom. The van der Waals surface area contributed by atoms with E-state index in [2.05, 4.69) is 10.3 Å². The maximum absolute atomic E-state index is 12.0. The fraction of sp³-hybridized carbons (Fsp3) is 0.158. The minimum Gasteiger partial charge on any atom is -0.441 e. The van der Waals surface area contributed by atoms with E-state index in [0.717, 1.165) is 16.8 Å². The zero-order chi connectivity index (χ0) is 16.9. The molecule has 0 atom stereocenters. The molecule has 1 N–H and O–H groups in total. The van der Waals surface area contributed by atoms with Crippen molar-refractivity contribution in [3.05, 3.63) is 71.2 Å². The first-order valence-corrected chi connectivity index (χ1v) is 8.05. The summed E-state index contributed by atoms with van der Waals surface area (Å²) in [6.45, 7) is 2.01. The summed E-state index contributed by atoms with van der Waals surface area (Å²) in [5.74, 6) is 1.14. The third-order valence-corrected chi connectivity index (χ3v) is 3.84. The number of amides is 1. The smallest absolute Gasteiger partial charge is 0.224 e. The Morgan fingerprint density at radius 2 is 1.83 bits per heavy atom. The predicted molar refractivity (Wildman–Crippen MR) is 95.1 cm³/mol. The van der Waals surface area contributed by atoms with E-state index >= 15 is 0 Å². The molecule has 0 spiro atoms. The Kier molecular flexibility index (Phi) is 4.96. The van der Waals surface area contributed by atoms with Crippen LogP contribution in [0.4, 0.5) is 5.69 Å². The van der Waals surface area contributed by atoms with Crippen LogP contribution < -0.4 is 5.32 Å². The Morgan fingerprint density at radius 1 is 1.12 bits per heavy atom. The number of nitrogens with zero attached hydrogens (tertiary/aromatic N) is 1. The molecule has 0 aliphatic carbocycles.